The van der Waals surface area contributed by atoms with E-state index in [0.717, 1.165) is 36.6 Å². The molecule has 4 atom stereocenters. The number of benzene rings is 1. The molecule has 0 radical (unpaired) electrons. The fourth-order valence-corrected chi connectivity index (χ4v) is 5.06. The zero-order valence-electron chi connectivity index (χ0n) is 14.3. The van der Waals surface area contributed by atoms with Gasteiger partial charge in [-0.3, -0.25) is 0 Å². The smallest absolute Gasteiger partial charge is 0.166 e. The van der Waals surface area contributed by atoms with Crippen molar-refractivity contribution >= 4 is 0 Å². The molecule has 23 heavy (non-hydrogen) atoms. The molecule has 1 aliphatic carbocycles. The molecule has 1 aromatic rings. The second-order valence-corrected chi connectivity index (χ2v) is 6.97. The van der Waals surface area contributed by atoms with Crippen molar-refractivity contribution in [1.29, 1.82) is 0 Å². The number of allylic oxidation sites excluding steroid dienone is 1. The van der Waals surface area contributed by atoms with Crippen LogP contribution in [0.5, 0.6) is 11.5 Å². The second-order valence-electron chi connectivity index (χ2n) is 6.97. The third-order valence-electron chi connectivity index (χ3n) is 6.06. The Morgan fingerprint density at radius 1 is 1.26 bits per heavy atom. The van der Waals surface area contributed by atoms with Crippen molar-refractivity contribution in [3.8, 4) is 11.5 Å². The molecule has 0 amide bonds. The monoisotopic (exact) mass is 315 g/mol. The summed E-state index contributed by atoms with van der Waals surface area (Å²) in [6.45, 7) is 5.49. The Labute approximate surface area is 137 Å². The minimum atomic E-state index is -0.0409. The number of rotatable bonds is 2. The minimum absolute atomic E-state index is 0.0152. The summed E-state index contributed by atoms with van der Waals surface area (Å²) in [6, 6.07) is 4.63. The summed E-state index contributed by atoms with van der Waals surface area (Å²) in [6.07, 6.45) is 4.26. The Balaban J connectivity index is 1.97. The molecule has 1 spiro atoms. The van der Waals surface area contributed by atoms with Crippen LogP contribution in [0.2, 0.25) is 0 Å². The number of hydrogen-bond acceptors (Lipinski definition) is 4. The third kappa shape index (κ3) is 1.81. The van der Waals surface area contributed by atoms with E-state index in [1.165, 1.54) is 11.1 Å². The molecule has 1 aromatic carbocycles. The number of fused-ring (bicyclic) bond motifs is 1. The molecule has 1 N–H and O–H groups in total. The summed E-state index contributed by atoms with van der Waals surface area (Å²) in [5, 5.41) is 3.64. The van der Waals surface area contributed by atoms with Gasteiger partial charge in [0.25, 0.3) is 0 Å². The van der Waals surface area contributed by atoms with E-state index in [0.29, 0.717) is 12.0 Å². The molecular weight excluding hydrogens is 290 g/mol. The molecule has 0 aromatic heterocycles. The summed E-state index contributed by atoms with van der Waals surface area (Å²) in [5.74, 6) is 3.22. The molecule has 4 rings (SSSR count). The summed E-state index contributed by atoms with van der Waals surface area (Å²) >= 11 is 0. The Kier molecular flexibility index (Phi) is 3.34. The predicted molar refractivity (Wildman–Crippen MR) is 89.1 cm³/mol. The van der Waals surface area contributed by atoms with E-state index in [9.17, 15) is 0 Å². The Morgan fingerprint density at radius 2 is 2.09 bits per heavy atom. The van der Waals surface area contributed by atoms with Crippen LogP contribution in [0.15, 0.2) is 24.0 Å². The van der Waals surface area contributed by atoms with Gasteiger partial charge in [-0.1, -0.05) is 6.07 Å². The highest BCUT2D eigenvalue weighted by Gasteiger charge is 2.60. The van der Waals surface area contributed by atoms with Crippen molar-refractivity contribution in [2.75, 3.05) is 20.8 Å². The molecule has 124 valence electrons. The molecule has 2 heterocycles. The van der Waals surface area contributed by atoms with Crippen LogP contribution in [0.25, 0.3) is 0 Å². The van der Waals surface area contributed by atoms with Gasteiger partial charge < -0.3 is 19.5 Å². The largest absolute Gasteiger partial charge is 0.497 e. The average molecular weight is 315 g/mol. The van der Waals surface area contributed by atoms with Gasteiger partial charge in [-0.2, -0.15) is 0 Å². The van der Waals surface area contributed by atoms with Gasteiger partial charge in [0.05, 0.1) is 14.2 Å². The molecule has 0 saturated carbocycles. The van der Waals surface area contributed by atoms with Crippen molar-refractivity contribution in [1.82, 2.24) is 5.32 Å². The lowest BCUT2D eigenvalue weighted by molar-refractivity contribution is 0.0269. The molecule has 4 nitrogen and oxygen atoms in total. The second kappa shape index (κ2) is 5.17. The number of ether oxygens (including phenoxy) is 3. The maximum Gasteiger partial charge on any atom is 0.166 e. The zero-order chi connectivity index (χ0) is 16.2. The molecule has 3 unspecified atom stereocenters. The fraction of sp³-hybridized carbons (Fsp3) is 0.579. The van der Waals surface area contributed by atoms with Crippen molar-refractivity contribution in [3.05, 3.63) is 35.1 Å². The lowest BCUT2D eigenvalue weighted by atomic mass is 9.57. The van der Waals surface area contributed by atoms with Gasteiger partial charge in [0.1, 0.15) is 5.76 Å². The van der Waals surface area contributed by atoms with Gasteiger partial charge >= 0.3 is 0 Å². The lowest BCUT2D eigenvalue weighted by Crippen LogP contribution is -2.59. The SMILES string of the molecule is COC1=CCC2C(C)NCC[C@@]23c2c(C)ccc(OC)c2OC13. The summed E-state index contributed by atoms with van der Waals surface area (Å²) in [7, 11) is 3.46. The van der Waals surface area contributed by atoms with Crippen molar-refractivity contribution < 1.29 is 14.2 Å². The van der Waals surface area contributed by atoms with Gasteiger partial charge in [-0.25, -0.2) is 0 Å². The predicted octanol–water partition coefficient (Wildman–Crippen LogP) is 2.93. The van der Waals surface area contributed by atoms with Crippen LogP contribution >= 0.6 is 0 Å². The molecule has 0 bridgehead atoms. The number of nitrogens with one attached hydrogen (secondary N) is 1. The van der Waals surface area contributed by atoms with Crippen LogP contribution in [0.1, 0.15) is 30.9 Å². The summed E-state index contributed by atoms with van der Waals surface area (Å²) in [4.78, 5) is 0. The maximum atomic E-state index is 6.48. The van der Waals surface area contributed by atoms with E-state index in [1.807, 2.05) is 6.07 Å². The van der Waals surface area contributed by atoms with Gasteiger partial charge in [0, 0.05) is 17.0 Å². The van der Waals surface area contributed by atoms with Crippen LogP contribution < -0.4 is 14.8 Å². The Morgan fingerprint density at radius 3 is 2.83 bits per heavy atom. The standard InChI is InChI=1S/C19H25NO3/c1-11-5-7-14(21-3)17-16(11)19-9-10-20-12(2)13(19)6-8-15(22-4)18(19)23-17/h5,7-8,12-13,18,20H,6,9-10H2,1-4H3/t12?,13?,18?,19-/m0/s1. The number of aryl methyl sites for hydroxylation is 1. The topological polar surface area (TPSA) is 39.7 Å². The van der Waals surface area contributed by atoms with Crippen molar-refractivity contribution in [3.63, 3.8) is 0 Å². The molecule has 1 saturated heterocycles. The third-order valence-corrected chi connectivity index (χ3v) is 6.06. The van der Waals surface area contributed by atoms with Gasteiger partial charge in [-0.15, -0.1) is 0 Å². The first-order valence-electron chi connectivity index (χ1n) is 8.45. The van der Waals surface area contributed by atoms with E-state index >= 15 is 0 Å². The highest BCUT2D eigenvalue weighted by atomic mass is 16.6. The zero-order valence-corrected chi connectivity index (χ0v) is 14.3. The summed E-state index contributed by atoms with van der Waals surface area (Å²) < 4.78 is 17.8. The molecule has 2 aliphatic heterocycles. The summed E-state index contributed by atoms with van der Waals surface area (Å²) in [5.41, 5.74) is 2.61. The molecule has 4 heteroatoms. The average Bonchev–Trinajstić information content (AvgIpc) is 2.90. The van der Waals surface area contributed by atoms with E-state index in [2.05, 4.69) is 31.3 Å². The quantitative estimate of drug-likeness (QED) is 0.911. The van der Waals surface area contributed by atoms with Crippen LogP contribution in [0.4, 0.5) is 0 Å². The first kappa shape index (κ1) is 14.9. The molecule has 3 aliphatic rings. The highest BCUT2D eigenvalue weighted by Crippen LogP contribution is 2.60. The van der Waals surface area contributed by atoms with E-state index in [1.54, 1.807) is 14.2 Å². The van der Waals surface area contributed by atoms with E-state index in [4.69, 9.17) is 14.2 Å². The maximum absolute atomic E-state index is 6.48. The van der Waals surface area contributed by atoms with Crippen molar-refractivity contribution in [2.45, 2.75) is 44.2 Å². The fourth-order valence-electron chi connectivity index (χ4n) is 5.06. The van der Waals surface area contributed by atoms with E-state index < -0.39 is 0 Å². The lowest BCUT2D eigenvalue weighted by Gasteiger charge is -2.50. The number of methoxy groups -OCH3 is 2. The first-order chi connectivity index (χ1) is 11.1. The van der Waals surface area contributed by atoms with Crippen molar-refractivity contribution in [2.24, 2.45) is 5.92 Å². The van der Waals surface area contributed by atoms with Gasteiger partial charge in [0.15, 0.2) is 17.6 Å². The molecule has 1 fully saturated rings. The highest BCUT2D eigenvalue weighted by molar-refractivity contribution is 5.60. The van der Waals surface area contributed by atoms with Crippen LogP contribution in [0.3, 0.4) is 0 Å². The Bertz CT molecular complexity index is 669. The van der Waals surface area contributed by atoms with Crippen LogP contribution in [0, 0.1) is 12.8 Å². The number of hydrogen-bond donors (Lipinski definition) is 1. The Hall–Kier alpha value is -1.68. The van der Waals surface area contributed by atoms with Gasteiger partial charge in [-0.05, 0) is 56.9 Å². The van der Waals surface area contributed by atoms with Crippen LogP contribution in [-0.4, -0.2) is 32.9 Å². The minimum Gasteiger partial charge on any atom is -0.497 e. The van der Waals surface area contributed by atoms with E-state index in [-0.39, 0.29) is 11.5 Å². The first-order valence-corrected chi connectivity index (χ1v) is 8.45. The normalized spacial score (nSPS) is 34.6. The molecular formula is C19H25NO3. The van der Waals surface area contributed by atoms with Crippen LogP contribution in [-0.2, 0) is 10.2 Å². The number of piperidine rings is 1. The van der Waals surface area contributed by atoms with Gasteiger partial charge in [0.2, 0.25) is 0 Å².